The molecule has 0 aromatic carbocycles. The van der Waals surface area contributed by atoms with Crippen molar-refractivity contribution >= 4 is 17.9 Å². The lowest BCUT2D eigenvalue weighted by Gasteiger charge is -2.28. The third kappa shape index (κ3) is 6.08. The van der Waals surface area contributed by atoms with Crippen LogP contribution in [0.5, 0.6) is 0 Å². The van der Waals surface area contributed by atoms with E-state index >= 15 is 0 Å². The summed E-state index contributed by atoms with van der Waals surface area (Å²) in [6, 6.07) is -0.264. The third-order valence-corrected chi connectivity index (χ3v) is 2.85. The summed E-state index contributed by atoms with van der Waals surface area (Å²) in [5, 5.41) is 11.3. The van der Waals surface area contributed by atoms with Crippen molar-refractivity contribution in [1.29, 1.82) is 0 Å². The van der Waals surface area contributed by atoms with Gasteiger partial charge in [0.25, 0.3) is 0 Å². The molecule has 7 heteroatoms. The molecule has 110 valence electrons. The molecule has 3 amide bonds. The van der Waals surface area contributed by atoms with Gasteiger partial charge in [-0.25, -0.2) is 4.79 Å². The van der Waals surface area contributed by atoms with Crippen LogP contribution in [0, 0.1) is 5.92 Å². The van der Waals surface area contributed by atoms with Crippen LogP contribution in [-0.2, 0) is 9.59 Å². The van der Waals surface area contributed by atoms with E-state index in [1.54, 1.807) is 20.9 Å². The fraction of sp³-hybridized carbons (Fsp3) is 0.750. The Bertz CT molecular complexity index is 333. The average Bonchev–Trinajstić information content (AvgIpc) is 2.40. The molecule has 0 saturated carbocycles. The first-order valence-corrected chi connectivity index (χ1v) is 6.26. The van der Waals surface area contributed by atoms with Crippen molar-refractivity contribution in [1.82, 2.24) is 15.1 Å². The molecule has 0 fully saturated rings. The van der Waals surface area contributed by atoms with Crippen LogP contribution in [0.4, 0.5) is 4.79 Å². The highest BCUT2D eigenvalue weighted by molar-refractivity contribution is 5.78. The number of amides is 3. The second-order valence-electron chi connectivity index (χ2n) is 4.41. The molecule has 0 bridgehead atoms. The molecule has 1 atom stereocenters. The Balaban J connectivity index is 4.40. The largest absolute Gasteiger partial charge is 0.481 e. The minimum Gasteiger partial charge on any atom is -0.481 e. The van der Waals surface area contributed by atoms with Crippen molar-refractivity contribution in [2.45, 2.75) is 20.3 Å². The SMILES string of the molecule is CCN(CC(C)C(=O)O)C(=O)N(C)CCC(=O)NC. The van der Waals surface area contributed by atoms with E-state index < -0.39 is 11.9 Å². The monoisotopic (exact) mass is 273 g/mol. The van der Waals surface area contributed by atoms with Crippen molar-refractivity contribution in [3.63, 3.8) is 0 Å². The Morgan fingerprint density at radius 2 is 1.89 bits per heavy atom. The molecule has 0 rings (SSSR count). The number of carbonyl (C=O) groups excluding carboxylic acids is 2. The lowest BCUT2D eigenvalue weighted by atomic mass is 10.2. The molecule has 0 aliphatic heterocycles. The Morgan fingerprint density at radius 1 is 1.32 bits per heavy atom. The summed E-state index contributed by atoms with van der Waals surface area (Å²) in [6.45, 7) is 4.24. The summed E-state index contributed by atoms with van der Waals surface area (Å²) < 4.78 is 0. The van der Waals surface area contributed by atoms with E-state index in [4.69, 9.17) is 5.11 Å². The molecular formula is C12H23N3O4. The quantitative estimate of drug-likeness (QED) is 0.694. The fourth-order valence-corrected chi connectivity index (χ4v) is 1.48. The van der Waals surface area contributed by atoms with Crippen LogP contribution in [-0.4, -0.2) is 66.5 Å². The highest BCUT2D eigenvalue weighted by Crippen LogP contribution is 2.04. The highest BCUT2D eigenvalue weighted by Gasteiger charge is 2.21. The first kappa shape index (κ1) is 17.2. The van der Waals surface area contributed by atoms with E-state index in [0.717, 1.165) is 0 Å². The number of carbonyl (C=O) groups is 3. The second kappa shape index (κ2) is 8.34. The molecule has 2 N–H and O–H groups in total. The van der Waals surface area contributed by atoms with E-state index in [0.29, 0.717) is 13.1 Å². The summed E-state index contributed by atoms with van der Waals surface area (Å²) in [5.74, 6) is -1.68. The van der Waals surface area contributed by atoms with Gasteiger partial charge in [0.05, 0.1) is 5.92 Å². The summed E-state index contributed by atoms with van der Waals surface area (Å²) in [6.07, 6.45) is 0.227. The van der Waals surface area contributed by atoms with Crippen LogP contribution in [0.15, 0.2) is 0 Å². The van der Waals surface area contributed by atoms with E-state index in [1.165, 1.54) is 16.8 Å². The predicted molar refractivity (Wildman–Crippen MR) is 70.8 cm³/mol. The number of nitrogens with zero attached hydrogens (tertiary/aromatic N) is 2. The lowest BCUT2D eigenvalue weighted by molar-refractivity contribution is -0.141. The number of rotatable bonds is 7. The van der Waals surface area contributed by atoms with Crippen LogP contribution in [0.3, 0.4) is 0 Å². The fourth-order valence-electron chi connectivity index (χ4n) is 1.48. The number of aliphatic carboxylic acids is 1. The molecule has 0 aliphatic carbocycles. The zero-order valence-electron chi connectivity index (χ0n) is 12.0. The summed E-state index contributed by atoms with van der Waals surface area (Å²) >= 11 is 0. The Kier molecular flexibility index (Phi) is 7.55. The Morgan fingerprint density at radius 3 is 2.32 bits per heavy atom. The zero-order valence-corrected chi connectivity index (χ0v) is 12.0. The van der Waals surface area contributed by atoms with Gasteiger partial charge in [0, 0.05) is 40.2 Å². The standard InChI is InChI=1S/C12H23N3O4/c1-5-15(8-9(2)11(17)18)12(19)14(4)7-6-10(16)13-3/h9H,5-8H2,1-4H3,(H,13,16)(H,17,18). The molecule has 19 heavy (non-hydrogen) atoms. The molecule has 0 aromatic rings. The van der Waals surface area contributed by atoms with Crippen LogP contribution in [0.2, 0.25) is 0 Å². The minimum absolute atomic E-state index is 0.137. The molecule has 0 heterocycles. The van der Waals surface area contributed by atoms with Gasteiger partial charge in [0.2, 0.25) is 5.91 Å². The Hall–Kier alpha value is -1.79. The highest BCUT2D eigenvalue weighted by atomic mass is 16.4. The number of nitrogens with one attached hydrogen (secondary N) is 1. The van der Waals surface area contributed by atoms with Gasteiger partial charge in [0.15, 0.2) is 0 Å². The second-order valence-corrected chi connectivity index (χ2v) is 4.41. The topological polar surface area (TPSA) is 90.0 Å². The number of carboxylic acid groups (broad SMARTS) is 1. The molecular weight excluding hydrogens is 250 g/mol. The van der Waals surface area contributed by atoms with E-state index in [1.807, 2.05) is 0 Å². The van der Waals surface area contributed by atoms with E-state index in [2.05, 4.69) is 5.32 Å². The lowest BCUT2D eigenvalue weighted by Crippen LogP contribution is -2.44. The van der Waals surface area contributed by atoms with Crippen molar-refractivity contribution in [2.75, 3.05) is 33.7 Å². The Labute approximate surface area is 113 Å². The van der Waals surface area contributed by atoms with Gasteiger partial charge < -0.3 is 20.2 Å². The summed E-state index contributed by atoms with van der Waals surface area (Å²) in [5.41, 5.74) is 0. The maximum absolute atomic E-state index is 12.1. The first-order valence-electron chi connectivity index (χ1n) is 6.26. The van der Waals surface area contributed by atoms with Crippen LogP contribution in [0.1, 0.15) is 20.3 Å². The number of carboxylic acids is 1. The van der Waals surface area contributed by atoms with Crippen molar-refractivity contribution < 1.29 is 19.5 Å². The maximum Gasteiger partial charge on any atom is 0.319 e. The van der Waals surface area contributed by atoms with Gasteiger partial charge in [-0.15, -0.1) is 0 Å². The predicted octanol–water partition coefficient (Wildman–Crippen LogP) is 0.217. The average molecular weight is 273 g/mol. The molecule has 0 radical (unpaired) electrons. The van der Waals surface area contributed by atoms with Crippen LogP contribution in [0.25, 0.3) is 0 Å². The summed E-state index contributed by atoms with van der Waals surface area (Å²) in [4.78, 5) is 36.8. The number of hydrogen-bond donors (Lipinski definition) is 2. The van der Waals surface area contributed by atoms with Crippen LogP contribution >= 0.6 is 0 Å². The molecule has 0 aromatic heterocycles. The maximum atomic E-state index is 12.1. The zero-order chi connectivity index (χ0) is 15.0. The minimum atomic E-state index is -0.931. The van der Waals surface area contributed by atoms with Crippen molar-refractivity contribution in [2.24, 2.45) is 5.92 Å². The smallest absolute Gasteiger partial charge is 0.319 e. The number of urea groups is 1. The molecule has 1 unspecified atom stereocenters. The van der Waals surface area contributed by atoms with Gasteiger partial charge >= 0.3 is 12.0 Å². The first-order chi connectivity index (χ1) is 8.83. The molecule has 7 nitrogen and oxygen atoms in total. The molecule has 0 aliphatic rings. The van der Waals surface area contributed by atoms with Gasteiger partial charge in [-0.05, 0) is 6.92 Å². The van der Waals surface area contributed by atoms with Crippen molar-refractivity contribution in [3.8, 4) is 0 Å². The normalized spacial score (nSPS) is 11.6. The van der Waals surface area contributed by atoms with E-state index in [9.17, 15) is 14.4 Å². The van der Waals surface area contributed by atoms with E-state index in [-0.39, 0.29) is 24.9 Å². The van der Waals surface area contributed by atoms with Gasteiger partial charge in [0.1, 0.15) is 0 Å². The van der Waals surface area contributed by atoms with Crippen LogP contribution < -0.4 is 5.32 Å². The van der Waals surface area contributed by atoms with Gasteiger partial charge in [-0.1, -0.05) is 6.92 Å². The third-order valence-electron chi connectivity index (χ3n) is 2.85. The van der Waals surface area contributed by atoms with Gasteiger partial charge in [-0.3, -0.25) is 9.59 Å². The molecule has 0 spiro atoms. The molecule has 0 saturated heterocycles. The number of hydrogen-bond acceptors (Lipinski definition) is 3. The van der Waals surface area contributed by atoms with Gasteiger partial charge in [-0.2, -0.15) is 0 Å². The summed E-state index contributed by atoms with van der Waals surface area (Å²) in [7, 11) is 3.14. The van der Waals surface area contributed by atoms with Crippen molar-refractivity contribution in [3.05, 3.63) is 0 Å².